The second kappa shape index (κ2) is 10.4. The molecule has 1 saturated heterocycles. The van der Waals surface area contributed by atoms with E-state index in [0.717, 1.165) is 17.2 Å². The number of piperidine rings is 1. The fraction of sp³-hybridized carbons (Fsp3) is 0.296. The van der Waals surface area contributed by atoms with E-state index < -0.39 is 17.0 Å². The smallest absolute Gasteiger partial charge is 0.254 e. The maximum Gasteiger partial charge on any atom is 0.254 e. The zero-order chi connectivity index (χ0) is 24.0. The Labute approximate surface area is 193 Å². The molecule has 1 fully saturated rings. The van der Waals surface area contributed by atoms with E-state index in [1.807, 2.05) is 26.0 Å². The lowest BCUT2D eigenvalue weighted by Crippen LogP contribution is -2.45. The maximum absolute atomic E-state index is 13.8. The number of amides is 1. The number of pyridine rings is 1. The van der Waals surface area contributed by atoms with E-state index in [4.69, 9.17) is 0 Å². The van der Waals surface area contributed by atoms with Gasteiger partial charge in [-0.25, -0.2) is 8.78 Å². The van der Waals surface area contributed by atoms with Gasteiger partial charge in [0.2, 0.25) is 0 Å². The van der Waals surface area contributed by atoms with E-state index in [1.165, 1.54) is 12.1 Å². The van der Waals surface area contributed by atoms with Gasteiger partial charge < -0.3 is 4.90 Å². The van der Waals surface area contributed by atoms with Crippen molar-refractivity contribution >= 4 is 11.5 Å². The Hall–Kier alpha value is -3.59. The monoisotopic (exact) mass is 447 g/mol. The van der Waals surface area contributed by atoms with Gasteiger partial charge in [-0.15, -0.1) is 0 Å². The highest BCUT2D eigenvalue weighted by Crippen LogP contribution is 2.44. The van der Waals surface area contributed by atoms with Gasteiger partial charge in [-0.3, -0.25) is 9.78 Å². The third-order valence-corrected chi connectivity index (χ3v) is 6.53. The lowest BCUT2D eigenvalue weighted by Gasteiger charge is -2.41. The third-order valence-electron chi connectivity index (χ3n) is 6.53. The molecule has 170 valence electrons. The minimum absolute atomic E-state index is 0.126. The van der Waals surface area contributed by atoms with Gasteiger partial charge in [0.25, 0.3) is 5.91 Å². The summed E-state index contributed by atoms with van der Waals surface area (Å²) in [6.45, 7) is 8.16. The lowest BCUT2D eigenvalue weighted by molar-refractivity contribution is -0.128. The van der Waals surface area contributed by atoms with Crippen molar-refractivity contribution in [2.24, 2.45) is 5.41 Å². The molecule has 0 unspecified atom stereocenters. The van der Waals surface area contributed by atoms with Crippen LogP contribution in [0.2, 0.25) is 0 Å². The van der Waals surface area contributed by atoms with Crippen molar-refractivity contribution in [3.8, 4) is 6.07 Å². The average Bonchev–Trinajstić information content (AvgIpc) is 2.83. The fourth-order valence-corrected chi connectivity index (χ4v) is 4.34. The summed E-state index contributed by atoms with van der Waals surface area (Å²) < 4.78 is 27.5. The molecule has 0 radical (unpaired) electrons. The molecule has 2 aromatic rings. The molecule has 1 aromatic carbocycles. The number of likely N-dealkylation sites (tertiary alicyclic amines) is 1. The highest BCUT2D eigenvalue weighted by atomic mass is 19.1. The van der Waals surface area contributed by atoms with Gasteiger partial charge >= 0.3 is 0 Å². The molecule has 3 rings (SSSR count). The standard InChI is InChI=1S/C27H27F2N3O/c1-4-5-6-25(19(2)21-7-11-31-12-8-21)26(33)32-13-9-27(18-30,10-14-32)20(3)22-15-23(28)17-24(29)16-22/h4-8,11-12,15-17,20H,1,9-10,13-14H2,2-3H3/b6-5-,25-19-/t20-/m0/s1. The molecule has 4 nitrogen and oxygen atoms in total. The Morgan fingerprint density at radius 3 is 2.36 bits per heavy atom. The second-order valence-electron chi connectivity index (χ2n) is 8.35. The van der Waals surface area contributed by atoms with Crippen molar-refractivity contribution in [1.29, 1.82) is 5.26 Å². The number of halogens is 2. The summed E-state index contributed by atoms with van der Waals surface area (Å²) in [6.07, 6.45) is 9.28. The van der Waals surface area contributed by atoms with E-state index in [0.29, 0.717) is 37.1 Å². The zero-order valence-corrected chi connectivity index (χ0v) is 18.9. The molecule has 1 amide bonds. The number of benzene rings is 1. The van der Waals surface area contributed by atoms with Crippen molar-refractivity contribution in [3.05, 3.63) is 95.9 Å². The van der Waals surface area contributed by atoms with Gasteiger partial charge in [0.1, 0.15) is 11.6 Å². The van der Waals surface area contributed by atoms with E-state index >= 15 is 0 Å². The van der Waals surface area contributed by atoms with Gasteiger partial charge in [0, 0.05) is 43.0 Å². The number of aromatic nitrogens is 1. The predicted molar refractivity (Wildman–Crippen MR) is 125 cm³/mol. The SMILES string of the molecule is C=C/C=C\C(C(=O)N1CCC(C#N)([C@@H](C)c2cc(F)cc(F)c2)CC1)=C(/C)c1ccncc1. The molecule has 0 aliphatic carbocycles. The van der Waals surface area contributed by atoms with Gasteiger partial charge in [0.15, 0.2) is 0 Å². The molecule has 0 saturated carbocycles. The normalized spacial score (nSPS) is 17.2. The summed E-state index contributed by atoms with van der Waals surface area (Å²) in [6, 6.07) is 9.48. The number of rotatable bonds is 6. The molecular weight excluding hydrogens is 420 g/mol. The molecule has 1 atom stereocenters. The number of hydrogen-bond donors (Lipinski definition) is 0. The lowest BCUT2D eigenvalue weighted by atomic mass is 9.68. The van der Waals surface area contributed by atoms with Gasteiger partial charge in [-0.1, -0.05) is 25.7 Å². The molecule has 0 N–H and O–H groups in total. The van der Waals surface area contributed by atoms with Crippen molar-refractivity contribution in [3.63, 3.8) is 0 Å². The summed E-state index contributed by atoms with van der Waals surface area (Å²) >= 11 is 0. The van der Waals surface area contributed by atoms with Crippen LogP contribution in [0, 0.1) is 28.4 Å². The van der Waals surface area contributed by atoms with Crippen LogP contribution in [-0.2, 0) is 4.79 Å². The van der Waals surface area contributed by atoms with Crippen LogP contribution >= 0.6 is 0 Å². The highest BCUT2D eigenvalue weighted by molar-refractivity contribution is 6.03. The van der Waals surface area contributed by atoms with Crippen LogP contribution in [0.3, 0.4) is 0 Å². The first-order valence-corrected chi connectivity index (χ1v) is 10.9. The molecule has 33 heavy (non-hydrogen) atoms. The van der Waals surface area contributed by atoms with Crippen molar-refractivity contribution in [2.45, 2.75) is 32.6 Å². The van der Waals surface area contributed by atoms with Crippen LogP contribution in [0.5, 0.6) is 0 Å². The quantitative estimate of drug-likeness (QED) is 0.415. The number of allylic oxidation sites excluding steroid dienone is 3. The number of nitriles is 1. The highest BCUT2D eigenvalue weighted by Gasteiger charge is 2.42. The first kappa shape index (κ1) is 24.1. The minimum Gasteiger partial charge on any atom is -0.339 e. The minimum atomic E-state index is -0.808. The van der Waals surface area contributed by atoms with E-state index in [-0.39, 0.29) is 11.8 Å². The molecule has 0 bridgehead atoms. The van der Waals surface area contributed by atoms with Crippen LogP contribution in [0.25, 0.3) is 5.57 Å². The fourth-order valence-electron chi connectivity index (χ4n) is 4.34. The van der Waals surface area contributed by atoms with Gasteiger partial charge in [-0.2, -0.15) is 5.26 Å². The first-order chi connectivity index (χ1) is 15.8. The summed E-state index contributed by atoms with van der Waals surface area (Å²) in [5.74, 6) is -1.82. The van der Waals surface area contributed by atoms with Crippen LogP contribution in [0.1, 0.15) is 43.7 Å². The van der Waals surface area contributed by atoms with Crippen LogP contribution in [0.15, 0.2) is 73.1 Å². The molecular formula is C27H27F2N3O. The Kier molecular flexibility index (Phi) is 7.55. The number of carbonyl (C=O) groups is 1. The molecule has 2 heterocycles. The largest absolute Gasteiger partial charge is 0.339 e. The maximum atomic E-state index is 13.8. The van der Waals surface area contributed by atoms with Crippen LogP contribution < -0.4 is 0 Å². The molecule has 0 spiro atoms. The Morgan fingerprint density at radius 2 is 1.82 bits per heavy atom. The number of hydrogen-bond acceptors (Lipinski definition) is 3. The van der Waals surface area contributed by atoms with Crippen molar-refractivity contribution in [1.82, 2.24) is 9.88 Å². The Morgan fingerprint density at radius 1 is 1.21 bits per heavy atom. The summed E-state index contributed by atoms with van der Waals surface area (Å²) in [7, 11) is 0. The van der Waals surface area contributed by atoms with E-state index in [2.05, 4.69) is 17.6 Å². The molecule has 6 heteroatoms. The van der Waals surface area contributed by atoms with E-state index in [9.17, 15) is 18.8 Å². The van der Waals surface area contributed by atoms with E-state index in [1.54, 1.807) is 35.5 Å². The number of carbonyl (C=O) groups excluding carboxylic acids is 1. The Bertz CT molecular complexity index is 1100. The molecule has 1 aromatic heterocycles. The topological polar surface area (TPSA) is 57.0 Å². The van der Waals surface area contributed by atoms with Crippen LogP contribution in [0.4, 0.5) is 8.78 Å². The third kappa shape index (κ3) is 5.25. The van der Waals surface area contributed by atoms with Crippen molar-refractivity contribution in [2.75, 3.05) is 13.1 Å². The predicted octanol–water partition coefficient (Wildman–Crippen LogP) is 5.81. The first-order valence-electron chi connectivity index (χ1n) is 10.9. The van der Waals surface area contributed by atoms with Gasteiger partial charge in [-0.05, 0) is 66.8 Å². The zero-order valence-electron chi connectivity index (χ0n) is 18.9. The molecule has 1 aliphatic rings. The van der Waals surface area contributed by atoms with Crippen LogP contribution in [-0.4, -0.2) is 28.9 Å². The summed E-state index contributed by atoms with van der Waals surface area (Å²) in [5, 5.41) is 10.0. The second-order valence-corrected chi connectivity index (χ2v) is 8.35. The number of nitrogens with zero attached hydrogens (tertiary/aromatic N) is 3. The molecule has 1 aliphatic heterocycles. The average molecular weight is 448 g/mol. The Balaban J connectivity index is 1.84. The summed E-state index contributed by atoms with van der Waals surface area (Å²) in [4.78, 5) is 19.2. The van der Waals surface area contributed by atoms with Crippen molar-refractivity contribution < 1.29 is 13.6 Å². The summed E-state index contributed by atoms with van der Waals surface area (Å²) in [5.41, 5.74) is 1.91. The van der Waals surface area contributed by atoms with Gasteiger partial charge in [0.05, 0.1) is 11.5 Å².